The Morgan fingerprint density at radius 1 is 1.03 bits per heavy atom. The third-order valence-corrected chi connectivity index (χ3v) is 6.98. The normalized spacial score (nSPS) is 18.7. The van der Waals surface area contributed by atoms with Gasteiger partial charge in [-0.05, 0) is 58.7 Å². The molecule has 7 heteroatoms. The molecule has 1 aliphatic rings. The highest BCUT2D eigenvalue weighted by molar-refractivity contribution is 7.93. The molecule has 1 heterocycles. The Balaban J connectivity index is 1.59. The molecule has 3 atom stereocenters. The number of amides is 1. The predicted octanol–water partition coefficient (Wildman–Crippen LogP) is 4.20. The molecule has 0 saturated carbocycles. The minimum absolute atomic E-state index is 0.253. The Labute approximate surface area is 189 Å². The number of β-lactam (4-membered cyclic amide) rings is 1. The molecule has 164 valence electrons. The first-order valence-electron chi connectivity index (χ1n) is 10.2. The molecule has 0 spiro atoms. The van der Waals surface area contributed by atoms with E-state index in [1.165, 1.54) is 31.2 Å². The van der Waals surface area contributed by atoms with Crippen LogP contribution in [0.15, 0.2) is 78.9 Å². The van der Waals surface area contributed by atoms with Gasteiger partial charge in [0, 0.05) is 19.0 Å². The van der Waals surface area contributed by atoms with Gasteiger partial charge in [0.1, 0.15) is 23.4 Å². The van der Waals surface area contributed by atoms with E-state index in [2.05, 4.69) is 0 Å². The molecule has 4 rings (SSSR count). The van der Waals surface area contributed by atoms with Crippen LogP contribution < -0.4 is 9.64 Å². The fraction of sp³-hybridized carbons (Fsp3) is 0.200. The van der Waals surface area contributed by atoms with E-state index in [9.17, 15) is 18.5 Å². The van der Waals surface area contributed by atoms with E-state index >= 15 is 0 Å². The van der Waals surface area contributed by atoms with Crippen LogP contribution in [-0.4, -0.2) is 27.4 Å². The van der Waals surface area contributed by atoms with Gasteiger partial charge in [-0.25, -0.2) is 4.39 Å². The van der Waals surface area contributed by atoms with Crippen molar-refractivity contribution in [3.05, 3.63) is 95.8 Å². The largest absolute Gasteiger partial charge is 0.616 e. The summed E-state index contributed by atoms with van der Waals surface area (Å²) in [6, 6.07) is 21.7. The number of anilines is 1. The van der Waals surface area contributed by atoms with Crippen LogP contribution >= 0.6 is 0 Å². The van der Waals surface area contributed by atoms with Crippen molar-refractivity contribution in [2.24, 2.45) is 0 Å². The summed E-state index contributed by atoms with van der Waals surface area (Å²) in [7, 11) is 0. The standard InChI is InChI=1S/C25H22FNO4S/c1-17(28)31-22-13-7-19(8-14-22)23-24(32(30)16-15-18-5-3-2-4-6-18)25(29)27(23)21-11-9-20(26)10-12-21/h2-14,23-24H,15-16H2,1H3/t23-,24-,32?/m1/s1. The van der Waals surface area contributed by atoms with Crippen LogP contribution in [0.25, 0.3) is 0 Å². The number of ether oxygens (including phenoxy) is 1. The van der Waals surface area contributed by atoms with Gasteiger partial charge in [0.15, 0.2) is 0 Å². The van der Waals surface area contributed by atoms with E-state index in [-0.39, 0.29) is 5.91 Å². The molecule has 1 amide bonds. The fourth-order valence-corrected chi connectivity index (χ4v) is 5.42. The molecule has 3 aromatic carbocycles. The van der Waals surface area contributed by atoms with Crippen molar-refractivity contribution in [3.63, 3.8) is 0 Å². The number of benzene rings is 3. The van der Waals surface area contributed by atoms with Crippen LogP contribution in [-0.2, 0) is 27.2 Å². The molecule has 1 unspecified atom stereocenters. The molecule has 0 bridgehead atoms. The molecule has 3 aromatic rings. The van der Waals surface area contributed by atoms with Crippen LogP contribution in [0.3, 0.4) is 0 Å². The Hall–Kier alpha value is -3.16. The third kappa shape index (κ3) is 4.69. The Bertz CT molecular complexity index is 1090. The van der Waals surface area contributed by atoms with Crippen molar-refractivity contribution in [1.29, 1.82) is 0 Å². The molecule has 1 fully saturated rings. The molecule has 1 saturated heterocycles. The minimum atomic E-state index is -1.40. The maximum atomic E-state index is 13.4. The summed E-state index contributed by atoms with van der Waals surface area (Å²) in [5, 5.41) is -0.705. The summed E-state index contributed by atoms with van der Waals surface area (Å²) in [5.74, 6) is -0.324. The van der Waals surface area contributed by atoms with Gasteiger partial charge in [-0.2, -0.15) is 0 Å². The first-order chi connectivity index (χ1) is 15.4. The summed E-state index contributed by atoms with van der Waals surface area (Å²) in [6.45, 7) is 1.32. The zero-order valence-electron chi connectivity index (χ0n) is 17.4. The van der Waals surface area contributed by atoms with Crippen LogP contribution in [0.5, 0.6) is 5.75 Å². The first kappa shape index (κ1) is 22.0. The van der Waals surface area contributed by atoms with Crippen molar-refractivity contribution in [2.75, 3.05) is 10.7 Å². The SMILES string of the molecule is CC(=O)Oc1ccc([C@@H]2[C@@H]([S+]([O-])CCc3ccccc3)C(=O)N2c2ccc(F)cc2)cc1. The van der Waals surface area contributed by atoms with Gasteiger partial charge in [-0.3, -0.25) is 14.5 Å². The molecular formula is C25H22FNO4S. The Morgan fingerprint density at radius 3 is 2.31 bits per heavy atom. The molecule has 0 N–H and O–H groups in total. The molecule has 1 aliphatic heterocycles. The zero-order valence-corrected chi connectivity index (χ0v) is 18.3. The predicted molar refractivity (Wildman–Crippen MR) is 121 cm³/mol. The zero-order chi connectivity index (χ0) is 22.7. The maximum Gasteiger partial charge on any atom is 0.308 e. The number of nitrogens with zero attached hydrogens (tertiary/aromatic N) is 1. The van der Waals surface area contributed by atoms with Gasteiger partial charge < -0.3 is 9.29 Å². The molecular weight excluding hydrogens is 429 g/mol. The van der Waals surface area contributed by atoms with E-state index in [0.29, 0.717) is 23.6 Å². The van der Waals surface area contributed by atoms with E-state index in [1.807, 2.05) is 30.3 Å². The maximum absolute atomic E-state index is 13.4. The van der Waals surface area contributed by atoms with Gasteiger partial charge in [0.2, 0.25) is 5.25 Å². The molecule has 0 aliphatic carbocycles. The van der Waals surface area contributed by atoms with Crippen molar-refractivity contribution in [2.45, 2.75) is 24.6 Å². The van der Waals surface area contributed by atoms with Gasteiger partial charge in [0.05, 0.1) is 0 Å². The third-order valence-electron chi connectivity index (χ3n) is 5.35. The van der Waals surface area contributed by atoms with Gasteiger partial charge in [-0.15, -0.1) is 0 Å². The van der Waals surface area contributed by atoms with E-state index < -0.39 is 34.3 Å². The van der Waals surface area contributed by atoms with Crippen molar-refractivity contribution < 1.29 is 23.3 Å². The average molecular weight is 452 g/mol. The highest BCUT2D eigenvalue weighted by Gasteiger charge is 2.56. The number of carbonyl (C=O) groups excluding carboxylic acids is 2. The summed E-state index contributed by atoms with van der Waals surface area (Å²) < 4.78 is 31.7. The number of hydrogen-bond acceptors (Lipinski definition) is 4. The van der Waals surface area contributed by atoms with Crippen molar-refractivity contribution in [1.82, 2.24) is 0 Å². The monoisotopic (exact) mass is 451 g/mol. The lowest BCUT2D eigenvalue weighted by molar-refractivity contribution is -0.131. The van der Waals surface area contributed by atoms with E-state index in [1.54, 1.807) is 29.2 Å². The van der Waals surface area contributed by atoms with Gasteiger partial charge in [0.25, 0.3) is 5.91 Å². The minimum Gasteiger partial charge on any atom is -0.616 e. The smallest absolute Gasteiger partial charge is 0.308 e. The van der Waals surface area contributed by atoms with Gasteiger partial charge in [-0.1, -0.05) is 42.5 Å². The lowest BCUT2D eigenvalue weighted by atomic mass is 9.92. The molecule has 32 heavy (non-hydrogen) atoms. The number of hydrogen-bond donors (Lipinski definition) is 0. The second kappa shape index (κ2) is 9.54. The van der Waals surface area contributed by atoms with Crippen LogP contribution in [0.1, 0.15) is 24.1 Å². The highest BCUT2D eigenvalue weighted by atomic mass is 32.2. The lowest BCUT2D eigenvalue weighted by Crippen LogP contribution is -2.62. The first-order valence-corrected chi connectivity index (χ1v) is 11.6. The molecule has 0 aromatic heterocycles. The average Bonchev–Trinajstić information content (AvgIpc) is 2.78. The Morgan fingerprint density at radius 2 is 1.69 bits per heavy atom. The van der Waals surface area contributed by atoms with Crippen LogP contribution in [0.4, 0.5) is 10.1 Å². The summed E-state index contributed by atoms with van der Waals surface area (Å²) in [6.07, 6.45) is 0.603. The number of aryl methyl sites for hydroxylation is 1. The molecule has 5 nitrogen and oxygen atoms in total. The second-order valence-electron chi connectivity index (χ2n) is 7.53. The van der Waals surface area contributed by atoms with Crippen molar-refractivity contribution >= 4 is 28.7 Å². The number of carbonyl (C=O) groups is 2. The fourth-order valence-electron chi connectivity index (χ4n) is 3.82. The summed E-state index contributed by atoms with van der Waals surface area (Å²) in [5.41, 5.74) is 2.37. The van der Waals surface area contributed by atoms with Crippen molar-refractivity contribution in [3.8, 4) is 5.75 Å². The number of esters is 1. The topological polar surface area (TPSA) is 69.7 Å². The van der Waals surface area contributed by atoms with Crippen LogP contribution in [0, 0.1) is 5.82 Å². The van der Waals surface area contributed by atoms with Crippen LogP contribution in [0.2, 0.25) is 0 Å². The quantitative estimate of drug-likeness (QED) is 0.234. The highest BCUT2D eigenvalue weighted by Crippen LogP contribution is 2.43. The summed E-state index contributed by atoms with van der Waals surface area (Å²) >= 11 is -1.40. The second-order valence-corrected chi connectivity index (χ2v) is 9.21. The molecule has 0 radical (unpaired) electrons. The van der Waals surface area contributed by atoms with Gasteiger partial charge >= 0.3 is 5.97 Å². The summed E-state index contributed by atoms with van der Waals surface area (Å²) in [4.78, 5) is 25.8. The lowest BCUT2D eigenvalue weighted by Gasteiger charge is -2.46. The Kier molecular flexibility index (Phi) is 6.58. The number of rotatable bonds is 7. The number of halogens is 1. The van der Waals surface area contributed by atoms with E-state index in [0.717, 1.165) is 11.1 Å². The van der Waals surface area contributed by atoms with E-state index in [4.69, 9.17) is 4.74 Å².